The molecule has 2 aromatic heterocycles. The highest BCUT2D eigenvalue weighted by Gasteiger charge is 2.26. The second-order valence-corrected chi connectivity index (χ2v) is 8.33. The van der Waals surface area contributed by atoms with Gasteiger partial charge in [-0.1, -0.05) is 34.1 Å². The van der Waals surface area contributed by atoms with Crippen molar-refractivity contribution in [3.63, 3.8) is 0 Å². The minimum Gasteiger partial charge on any atom is -0.324 e. The van der Waals surface area contributed by atoms with Crippen LogP contribution in [0.25, 0.3) is 21.9 Å². The highest BCUT2D eigenvalue weighted by molar-refractivity contribution is 9.10. The van der Waals surface area contributed by atoms with E-state index in [4.69, 9.17) is 0 Å². The minimum absolute atomic E-state index is 0.0944. The van der Waals surface area contributed by atoms with Crippen molar-refractivity contribution in [2.45, 2.75) is 25.3 Å². The molecule has 1 unspecified atom stereocenters. The van der Waals surface area contributed by atoms with E-state index < -0.39 is 11.1 Å². The quantitative estimate of drug-likeness (QED) is 0.453. The number of aromatic amines is 1. The molecule has 1 amide bonds. The molecule has 1 atom stereocenters. The van der Waals surface area contributed by atoms with Crippen LogP contribution in [0, 0.1) is 0 Å². The number of hydrogen-bond acceptors (Lipinski definition) is 4. The standard InChI is InChI=1S/C22H17BrN4O3/c23-14-9-13-6-7-15(27-20(13)17(10-14)26-21(29)22(27)30)11-18(28)25-16-5-1-3-12-4-2-8-24-19(12)16/h1-5,8-10,15H,6-7,11H2,(H,25,28)(H,26,29). The molecule has 4 aromatic rings. The summed E-state index contributed by atoms with van der Waals surface area (Å²) in [6.07, 6.45) is 3.09. The van der Waals surface area contributed by atoms with Crippen molar-refractivity contribution in [1.29, 1.82) is 0 Å². The first-order valence-corrected chi connectivity index (χ1v) is 10.4. The van der Waals surface area contributed by atoms with E-state index in [-0.39, 0.29) is 18.4 Å². The van der Waals surface area contributed by atoms with Crippen LogP contribution in [0.2, 0.25) is 0 Å². The van der Waals surface area contributed by atoms with Crippen LogP contribution in [0.4, 0.5) is 5.69 Å². The Morgan fingerprint density at radius 1 is 1.23 bits per heavy atom. The molecule has 2 N–H and O–H groups in total. The third kappa shape index (κ3) is 3.13. The van der Waals surface area contributed by atoms with Crippen molar-refractivity contribution in [1.82, 2.24) is 14.5 Å². The average Bonchev–Trinajstić information content (AvgIpc) is 2.73. The summed E-state index contributed by atoms with van der Waals surface area (Å²) in [7, 11) is 0. The number of halogens is 1. The second kappa shape index (κ2) is 7.21. The van der Waals surface area contributed by atoms with Gasteiger partial charge in [-0.3, -0.25) is 23.9 Å². The first-order chi connectivity index (χ1) is 14.5. The molecular formula is C22H17BrN4O3. The van der Waals surface area contributed by atoms with Gasteiger partial charge in [0.05, 0.1) is 22.2 Å². The van der Waals surface area contributed by atoms with Gasteiger partial charge in [0.1, 0.15) is 0 Å². The molecule has 0 fully saturated rings. The van der Waals surface area contributed by atoms with Gasteiger partial charge in [-0.2, -0.15) is 0 Å². The van der Waals surface area contributed by atoms with E-state index in [9.17, 15) is 14.4 Å². The summed E-state index contributed by atoms with van der Waals surface area (Å²) < 4.78 is 2.32. The molecule has 2 aromatic carbocycles. The van der Waals surface area contributed by atoms with Crippen LogP contribution >= 0.6 is 15.9 Å². The molecule has 1 aliphatic rings. The molecule has 150 valence electrons. The molecule has 30 heavy (non-hydrogen) atoms. The smallest absolute Gasteiger partial charge is 0.317 e. The Balaban J connectivity index is 1.51. The van der Waals surface area contributed by atoms with Gasteiger partial charge in [-0.25, -0.2) is 0 Å². The lowest BCUT2D eigenvalue weighted by molar-refractivity contribution is -0.117. The Morgan fingerprint density at radius 3 is 2.93 bits per heavy atom. The fourth-order valence-corrected chi connectivity index (χ4v) is 4.73. The number of hydrogen-bond donors (Lipinski definition) is 2. The van der Waals surface area contributed by atoms with E-state index >= 15 is 0 Å². The van der Waals surface area contributed by atoms with Crippen molar-refractivity contribution in [3.8, 4) is 0 Å². The molecule has 1 aliphatic heterocycles. The van der Waals surface area contributed by atoms with Crippen LogP contribution in [0.1, 0.15) is 24.4 Å². The number of anilines is 1. The largest absolute Gasteiger partial charge is 0.324 e. The van der Waals surface area contributed by atoms with Crippen molar-refractivity contribution in [2.75, 3.05) is 5.32 Å². The van der Waals surface area contributed by atoms with Gasteiger partial charge in [0.25, 0.3) is 0 Å². The molecule has 0 aliphatic carbocycles. The monoisotopic (exact) mass is 464 g/mol. The van der Waals surface area contributed by atoms with Crippen LogP contribution in [0.3, 0.4) is 0 Å². The van der Waals surface area contributed by atoms with E-state index in [0.29, 0.717) is 28.7 Å². The molecule has 0 radical (unpaired) electrons. The summed E-state index contributed by atoms with van der Waals surface area (Å²) in [5.74, 6) is -0.223. The summed E-state index contributed by atoms with van der Waals surface area (Å²) in [5.41, 5.74) is 2.28. The third-order valence-corrected chi connectivity index (χ3v) is 5.95. The molecule has 3 heterocycles. The zero-order chi connectivity index (χ0) is 20.8. The zero-order valence-electron chi connectivity index (χ0n) is 15.8. The Kier molecular flexibility index (Phi) is 4.51. The maximum atomic E-state index is 12.9. The summed E-state index contributed by atoms with van der Waals surface area (Å²) >= 11 is 3.45. The lowest BCUT2D eigenvalue weighted by Gasteiger charge is -2.27. The van der Waals surface area contributed by atoms with Gasteiger partial charge in [-0.15, -0.1) is 0 Å². The fraction of sp³-hybridized carbons (Fsp3) is 0.182. The summed E-state index contributed by atoms with van der Waals surface area (Å²) in [5, 5.41) is 3.85. The van der Waals surface area contributed by atoms with Crippen LogP contribution in [-0.4, -0.2) is 20.4 Å². The van der Waals surface area contributed by atoms with E-state index in [1.165, 1.54) is 4.57 Å². The number of fused-ring (bicyclic) bond motifs is 1. The number of rotatable bonds is 3. The normalized spacial score (nSPS) is 15.4. The molecule has 7 nitrogen and oxygen atoms in total. The third-order valence-electron chi connectivity index (χ3n) is 5.50. The van der Waals surface area contributed by atoms with E-state index in [1.54, 1.807) is 18.3 Å². The lowest BCUT2D eigenvalue weighted by atomic mass is 9.96. The molecular weight excluding hydrogens is 448 g/mol. The SMILES string of the molecule is O=C(CC1CCc2cc(Br)cc3[nH]c(=O)c(=O)n1c23)Nc1cccc2cccnc12. The molecule has 5 rings (SSSR count). The van der Waals surface area contributed by atoms with Gasteiger partial charge in [0.2, 0.25) is 5.91 Å². The van der Waals surface area contributed by atoms with Gasteiger partial charge < -0.3 is 10.3 Å². The molecule has 0 bridgehead atoms. The highest BCUT2D eigenvalue weighted by atomic mass is 79.9. The van der Waals surface area contributed by atoms with Gasteiger partial charge in [-0.05, 0) is 42.7 Å². The van der Waals surface area contributed by atoms with E-state index in [2.05, 4.69) is 31.2 Å². The van der Waals surface area contributed by atoms with E-state index in [0.717, 1.165) is 21.8 Å². The number of para-hydroxylation sites is 1. The highest BCUT2D eigenvalue weighted by Crippen LogP contribution is 2.32. The number of nitrogens with one attached hydrogen (secondary N) is 2. The first kappa shape index (κ1) is 18.7. The van der Waals surface area contributed by atoms with Crippen LogP contribution in [-0.2, 0) is 11.2 Å². The first-order valence-electron chi connectivity index (χ1n) is 9.62. The average molecular weight is 465 g/mol. The number of carbonyl (C=O) groups excluding carboxylic acids is 1. The lowest BCUT2D eigenvalue weighted by Crippen LogP contribution is -2.41. The zero-order valence-corrected chi connectivity index (χ0v) is 17.4. The van der Waals surface area contributed by atoms with Crippen molar-refractivity contribution < 1.29 is 4.79 Å². The van der Waals surface area contributed by atoms with Gasteiger partial charge >= 0.3 is 11.1 Å². The maximum Gasteiger partial charge on any atom is 0.317 e. The summed E-state index contributed by atoms with van der Waals surface area (Å²) in [6.45, 7) is 0. The number of carbonyl (C=O) groups is 1. The summed E-state index contributed by atoms with van der Waals surface area (Å²) in [6, 6.07) is 12.7. The van der Waals surface area contributed by atoms with E-state index in [1.807, 2.05) is 30.3 Å². The van der Waals surface area contributed by atoms with Crippen LogP contribution in [0.15, 0.2) is 62.7 Å². The number of H-pyrrole nitrogens is 1. The van der Waals surface area contributed by atoms with Gasteiger partial charge in [0, 0.05) is 28.5 Å². The minimum atomic E-state index is -0.683. The number of amides is 1. The number of nitrogens with zero attached hydrogens (tertiary/aromatic N) is 2. The molecule has 0 spiro atoms. The summed E-state index contributed by atoms with van der Waals surface area (Å²) in [4.78, 5) is 44.8. The van der Waals surface area contributed by atoms with Crippen LogP contribution in [0.5, 0.6) is 0 Å². The number of aromatic nitrogens is 3. The maximum absolute atomic E-state index is 12.9. The Morgan fingerprint density at radius 2 is 2.07 bits per heavy atom. The Bertz CT molecular complexity index is 1440. The molecule has 0 saturated heterocycles. The topological polar surface area (TPSA) is 96.9 Å². The Hall–Kier alpha value is -3.26. The van der Waals surface area contributed by atoms with Crippen molar-refractivity contribution in [2.24, 2.45) is 0 Å². The number of benzene rings is 2. The number of aryl methyl sites for hydroxylation is 1. The predicted molar refractivity (Wildman–Crippen MR) is 119 cm³/mol. The molecule has 8 heteroatoms. The number of pyridine rings is 1. The molecule has 0 saturated carbocycles. The fourth-order valence-electron chi connectivity index (χ4n) is 4.23. The Labute approximate surface area is 178 Å². The predicted octanol–water partition coefficient (Wildman–Crippen LogP) is 3.52. The van der Waals surface area contributed by atoms with Crippen LogP contribution < -0.4 is 16.4 Å². The van der Waals surface area contributed by atoms with Crippen molar-refractivity contribution in [3.05, 3.63) is 79.4 Å². The van der Waals surface area contributed by atoms with Gasteiger partial charge in [0.15, 0.2) is 0 Å². The second-order valence-electron chi connectivity index (χ2n) is 7.42. The van der Waals surface area contributed by atoms with Crippen molar-refractivity contribution >= 4 is 49.5 Å².